The van der Waals surface area contributed by atoms with Gasteiger partial charge in [-0.3, -0.25) is 10.4 Å². The predicted molar refractivity (Wildman–Crippen MR) is 161 cm³/mol. The van der Waals surface area contributed by atoms with E-state index in [1.54, 1.807) is 12.1 Å². The van der Waals surface area contributed by atoms with E-state index in [1.807, 2.05) is 54.6 Å². The number of benzene rings is 3. The first-order valence-electron chi connectivity index (χ1n) is 13.2. The Hall–Kier alpha value is -4.61. The molecule has 2 aliphatic rings. The monoisotopic (exact) mass is 569 g/mol. The molecular formula is C30H28FN7O2S. The van der Waals surface area contributed by atoms with Crippen molar-refractivity contribution in [1.82, 2.24) is 4.98 Å². The summed E-state index contributed by atoms with van der Waals surface area (Å²) in [6.45, 7) is 2.84. The summed E-state index contributed by atoms with van der Waals surface area (Å²) in [7, 11) is 0. The van der Waals surface area contributed by atoms with Crippen LogP contribution in [0, 0.1) is 11.2 Å². The Bertz CT molecular complexity index is 1600. The molecule has 1 unspecified atom stereocenters. The molecule has 4 aromatic rings. The quantitative estimate of drug-likeness (QED) is 0.236. The molecule has 2 aliphatic heterocycles. The smallest absolute Gasteiger partial charge is 0.291 e. The lowest BCUT2D eigenvalue weighted by Gasteiger charge is -2.27. The fourth-order valence-electron chi connectivity index (χ4n) is 4.69. The van der Waals surface area contributed by atoms with Crippen molar-refractivity contribution in [3.05, 3.63) is 102 Å². The van der Waals surface area contributed by atoms with Crippen LogP contribution in [0.15, 0.2) is 88.8 Å². The van der Waals surface area contributed by atoms with Crippen LogP contribution in [0.4, 0.5) is 15.1 Å². The van der Waals surface area contributed by atoms with Gasteiger partial charge < -0.3 is 25.4 Å². The largest absolute Gasteiger partial charge is 0.405 e. The molecular weight excluding hydrogens is 541 g/mol. The second-order valence-electron chi connectivity index (χ2n) is 9.43. The van der Waals surface area contributed by atoms with Crippen LogP contribution < -0.4 is 16.0 Å². The zero-order chi connectivity index (χ0) is 28.2. The maximum absolute atomic E-state index is 13.5. The van der Waals surface area contributed by atoms with E-state index < -0.39 is 6.17 Å². The molecule has 3 aromatic carbocycles. The standard InChI is InChI=1S/C30H28FN7O2S/c31-21-12-10-20(11-13-21)28-37-26(29(41-28)38-14-16-39-17-15-38)27(32)40-30(33)36-24-18-34-23-9-5-4-8-22(23)25(35-24)19-6-2-1-3-7-19/h1-13,24,32,34H,14-18H2,(H2,33,36). The highest BCUT2D eigenvalue weighted by Gasteiger charge is 2.25. The molecule has 1 saturated heterocycles. The van der Waals surface area contributed by atoms with Gasteiger partial charge in [0.15, 0.2) is 11.9 Å². The number of fused-ring (bicyclic) bond motifs is 1. The molecule has 6 rings (SSSR count). The number of aliphatic imine (C=N–C) groups is 2. The van der Waals surface area contributed by atoms with Crippen LogP contribution in [0.1, 0.15) is 16.8 Å². The lowest BCUT2D eigenvalue weighted by molar-refractivity contribution is 0.123. The van der Waals surface area contributed by atoms with Gasteiger partial charge in [-0.25, -0.2) is 14.4 Å². The third-order valence-corrected chi connectivity index (χ3v) is 7.84. The number of nitrogens with zero attached hydrogens (tertiary/aromatic N) is 4. The highest BCUT2D eigenvalue weighted by molar-refractivity contribution is 7.19. The van der Waals surface area contributed by atoms with Crippen molar-refractivity contribution in [2.24, 2.45) is 15.7 Å². The molecule has 0 saturated carbocycles. The first-order chi connectivity index (χ1) is 20.0. The predicted octanol–water partition coefficient (Wildman–Crippen LogP) is 4.73. The van der Waals surface area contributed by atoms with Crippen molar-refractivity contribution in [1.29, 1.82) is 5.41 Å². The Labute approximate surface area is 240 Å². The minimum absolute atomic E-state index is 0.187. The lowest BCUT2D eigenvalue weighted by Crippen LogP contribution is -2.36. The highest BCUT2D eigenvalue weighted by atomic mass is 32.1. The van der Waals surface area contributed by atoms with Gasteiger partial charge in [-0.15, -0.1) is 0 Å². The van der Waals surface area contributed by atoms with Gasteiger partial charge in [0.2, 0.25) is 5.90 Å². The van der Waals surface area contributed by atoms with Crippen molar-refractivity contribution in [3.8, 4) is 10.6 Å². The van der Waals surface area contributed by atoms with E-state index in [0.29, 0.717) is 43.5 Å². The second-order valence-corrected chi connectivity index (χ2v) is 10.4. The summed E-state index contributed by atoms with van der Waals surface area (Å²) in [5, 5.41) is 13.6. The second kappa shape index (κ2) is 11.9. The molecule has 0 aliphatic carbocycles. The zero-order valence-electron chi connectivity index (χ0n) is 22.1. The SMILES string of the molecule is N=C(OC(N)=NC1CNc2ccccc2C(c2ccccc2)=N1)c1nc(-c2ccc(F)cc2)sc1N1CCOCC1. The molecule has 0 amide bonds. The number of nitrogens with one attached hydrogen (secondary N) is 2. The number of para-hydroxylation sites is 1. The number of thiazole rings is 1. The van der Waals surface area contributed by atoms with Gasteiger partial charge in [0, 0.05) is 35.5 Å². The molecule has 9 nitrogen and oxygen atoms in total. The van der Waals surface area contributed by atoms with Crippen LogP contribution in [-0.2, 0) is 9.47 Å². The number of ether oxygens (including phenoxy) is 2. The summed E-state index contributed by atoms with van der Waals surface area (Å²) >= 11 is 1.41. The summed E-state index contributed by atoms with van der Waals surface area (Å²) in [5.74, 6) is -0.553. The van der Waals surface area contributed by atoms with Crippen molar-refractivity contribution in [2.75, 3.05) is 43.1 Å². The Kier molecular flexibility index (Phi) is 7.70. The number of rotatable bonds is 5. The third kappa shape index (κ3) is 5.96. The van der Waals surface area contributed by atoms with Gasteiger partial charge in [0.1, 0.15) is 15.8 Å². The number of hydrogen-bond acceptors (Lipinski definition) is 9. The molecule has 1 fully saturated rings. The number of aromatic nitrogens is 1. The number of benzodiazepines with no additional fused rings is 1. The number of halogens is 1. The average Bonchev–Trinajstić information content (AvgIpc) is 3.37. The molecule has 208 valence electrons. The maximum Gasteiger partial charge on any atom is 0.291 e. The Morgan fingerprint density at radius 3 is 2.54 bits per heavy atom. The minimum atomic E-state index is -0.589. The van der Waals surface area contributed by atoms with E-state index in [1.165, 1.54) is 23.5 Å². The van der Waals surface area contributed by atoms with Crippen LogP contribution in [0.5, 0.6) is 0 Å². The summed E-state index contributed by atoms with van der Waals surface area (Å²) in [6.07, 6.45) is -0.589. The van der Waals surface area contributed by atoms with Gasteiger partial charge >= 0.3 is 0 Å². The minimum Gasteiger partial charge on any atom is -0.405 e. The zero-order valence-corrected chi connectivity index (χ0v) is 22.9. The van der Waals surface area contributed by atoms with E-state index in [4.69, 9.17) is 30.6 Å². The highest BCUT2D eigenvalue weighted by Crippen LogP contribution is 2.36. The van der Waals surface area contributed by atoms with Gasteiger partial charge in [0.05, 0.1) is 25.5 Å². The first kappa shape index (κ1) is 26.6. The molecule has 0 bridgehead atoms. The van der Waals surface area contributed by atoms with E-state index in [0.717, 1.165) is 33.1 Å². The van der Waals surface area contributed by atoms with E-state index in [2.05, 4.69) is 15.2 Å². The molecule has 0 radical (unpaired) electrons. The topological polar surface area (TPSA) is 121 Å². The molecule has 1 atom stereocenters. The summed E-state index contributed by atoms with van der Waals surface area (Å²) in [6, 6.07) is 23.8. The summed E-state index contributed by atoms with van der Waals surface area (Å²) in [5.41, 5.74) is 11.0. The molecule has 3 heterocycles. The van der Waals surface area contributed by atoms with E-state index >= 15 is 0 Å². The summed E-state index contributed by atoms with van der Waals surface area (Å²) < 4.78 is 24.8. The first-order valence-corrected chi connectivity index (χ1v) is 14.0. The molecule has 41 heavy (non-hydrogen) atoms. The molecule has 0 spiro atoms. The summed E-state index contributed by atoms with van der Waals surface area (Å²) in [4.78, 5) is 16.2. The van der Waals surface area contributed by atoms with E-state index in [9.17, 15) is 4.39 Å². The molecule has 4 N–H and O–H groups in total. The van der Waals surface area contributed by atoms with E-state index in [-0.39, 0.29) is 17.7 Å². The van der Waals surface area contributed by atoms with Gasteiger partial charge in [-0.05, 0) is 30.3 Å². The number of morpholine rings is 1. The van der Waals surface area contributed by atoms with Crippen LogP contribution in [0.25, 0.3) is 10.6 Å². The maximum atomic E-state index is 13.5. The molecule has 1 aromatic heterocycles. The van der Waals surface area contributed by atoms with Crippen LogP contribution in [-0.4, -0.2) is 61.6 Å². The van der Waals surface area contributed by atoms with Crippen LogP contribution >= 0.6 is 11.3 Å². The van der Waals surface area contributed by atoms with Crippen molar-refractivity contribution in [3.63, 3.8) is 0 Å². The Balaban J connectivity index is 1.28. The van der Waals surface area contributed by atoms with Gasteiger partial charge in [0.25, 0.3) is 6.02 Å². The van der Waals surface area contributed by atoms with Crippen molar-refractivity contribution >= 4 is 39.7 Å². The third-order valence-electron chi connectivity index (χ3n) is 6.68. The average molecular weight is 570 g/mol. The van der Waals surface area contributed by atoms with Gasteiger partial charge in [-0.2, -0.15) is 0 Å². The lowest BCUT2D eigenvalue weighted by atomic mass is 10.0. The number of anilines is 2. The fraction of sp³-hybridized carbons (Fsp3) is 0.200. The van der Waals surface area contributed by atoms with Gasteiger partial charge in [-0.1, -0.05) is 59.9 Å². The Morgan fingerprint density at radius 1 is 1.02 bits per heavy atom. The molecule has 11 heteroatoms. The Morgan fingerprint density at radius 2 is 1.76 bits per heavy atom. The number of amidine groups is 1. The number of hydrogen-bond donors (Lipinski definition) is 3. The van der Waals surface area contributed by atoms with Crippen LogP contribution in [0.3, 0.4) is 0 Å². The van der Waals surface area contributed by atoms with Crippen LogP contribution in [0.2, 0.25) is 0 Å². The number of nitrogens with two attached hydrogens (primary N) is 1. The van der Waals surface area contributed by atoms with Crippen molar-refractivity contribution in [2.45, 2.75) is 6.17 Å². The normalized spacial score (nSPS) is 17.2. The fourth-order valence-corrected chi connectivity index (χ4v) is 5.81. The van der Waals surface area contributed by atoms with Crippen molar-refractivity contribution < 1.29 is 13.9 Å².